The van der Waals surface area contributed by atoms with Gasteiger partial charge in [-0.05, 0) is 85.1 Å². The van der Waals surface area contributed by atoms with Gasteiger partial charge in [0, 0.05) is 15.0 Å². The van der Waals surface area contributed by atoms with Crippen LogP contribution >= 0.6 is 11.3 Å². The molecule has 158 valence electrons. The van der Waals surface area contributed by atoms with E-state index >= 15 is 0 Å². The molecule has 4 rings (SSSR count). The molecule has 0 saturated heterocycles. The summed E-state index contributed by atoms with van der Waals surface area (Å²) in [5.74, 6) is 1.19. The highest BCUT2D eigenvalue weighted by Crippen LogP contribution is 2.52. The van der Waals surface area contributed by atoms with E-state index in [-0.39, 0.29) is 11.2 Å². The number of rotatable bonds is 2. The summed E-state index contributed by atoms with van der Waals surface area (Å²) in [7, 11) is -1.80. The quantitative estimate of drug-likeness (QED) is 0.424. The largest absolute Gasteiger partial charge is 0.504 e. The van der Waals surface area contributed by atoms with Crippen molar-refractivity contribution >= 4 is 34.0 Å². The van der Waals surface area contributed by atoms with Crippen LogP contribution in [0.4, 0.5) is 0 Å². The number of hydrogen-bond acceptors (Lipinski definition) is 5. The number of hydrogen-bond donors (Lipinski definition) is 4. The van der Waals surface area contributed by atoms with E-state index in [0.717, 1.165) is 29.3 Å². The lowest BCUT2D eigenvalue weighted by atomic mass is 9.73. The number of aromatic hydroxyl groups is 2. The summed E-state index contributed by atoms with van der Waals surface area (Å²) in [6.07, 6.45) is 9.30. The van der Waals surface area contributed by atoms with Crippen LogP contribution in [0.1, 0.15) is 82.1 Å². The van der Waals surface area contributed by atoms with Crippen LogP contribution in [0.5, 0.6) is 11.5 Å². The smallest absolute Gasteiger partial charge is 0.493 e. The number of phenolic OH excluding ortho intramolecular Hbond substituents is 2. The Balaban J connectivity index is 1.85. The molecule has 2 aromatic rings. The summed E-state index contributed by atoms with van der Waals surface area (Å²) in [6, 6.07) is 1.63. The Labute approximate surface area is 177 Å². The first-order valence-corrected chi connectivity index (χ1v) is 11.9. The molecule has 2 unspecified atom stereocenters. The van der Waals surface area contributed by atoms with Gasteiger partial charge < -0.3 is 20.3 Å². The predicted molar refractivity (Wildman–Crippen MR) is 120 cm³/mol. The van der Waals surface area contributed by atoms with E-state index in [1.807, 2.05) is 0 Å². The van der Waals surface area contributed by atoms with E-state index in [0.29, 0.717) is 23.2 Å². The molecule has 1 aromatic heterocycles. The van der Waals surface area contributed by atoms with Gasteiger partial charge in [0.15, 0.2) is 11.5 Å². The van der Waals surface area contributed by atoms with Crippen molar-refractivity contribution in [3.8, 4) is 11.5 Å². The Morgan fingerprint density at radius 2 is 1.79 bits per heavy atom. The molecule has 29 heavy (non-hydrogen) atoms. The predicted octanol–water partition coefficient (Wildman–Crippen LogP) is 4.65. The van der Waals surface area contributed by atoms with Gasteiger partial charge in [-0.2, -0.15) is 0 Å². The Morgan fingerprint density at radius 1 is 1.07 bits per heavy atom. The Hall–Kier alpha value is -1.24. The molecule has 6 heteroatoms. The van der Waals surface area contributed by atoms with Crippen LogP contribution in [0.25, 0.3) is 10.1 Å². The van der Waals surface area contributed by atoms with E-state index in [1.54, 1.807) is 17.4 Å². The zero-order chi connectivity index (χ0) is 20.9. The first-order chi connectivity index (χ1) is 13.7. The van der Waals surface area contributed by atoms with E-state index in [2.05, 4.69) is 20.8 Å². The van der Waals surface area contributed by atoms with Crippen molar-refractivity contribution in [2.24, 2.45) is 17.3 Å². The Bertz CT molecular complexity index is 900. The fourth-order valence-corrected chi connectivity index (χ4v) is 6.75. The molecule has 2 atom stereocenters. The molecule has 1 saturated carbocycles. The average molecular weight is 416 g/mol. The van der Waals surface area contributed by atoms with Gasteiger partial charge >= 0.3 is 7.12 Å². The molecule has 1 aromatic carbocycles. The van der Waals surface area contributed by atoms with Crippen molar-refractivity contribution in [3.63, 3.8) is 0 Å². The molecule has 1 fully saturated rings. The lowest BCUT2D eigenvalue weighted by molar-refractivity contribution is 0.188. The zero-order valence-electron chi connectivity index (χ0n) is 17.7. The minimum Gasteiger partial charge on any atom is -0.504 e. The maximum Gasteiger partial charge on any atom is 0.493 e. The van der Waals surface area contributed by atoms with Crippen LogP contribution in [0.15, 0.2) is 6.07 Å². The van der Waals surface area contributed by atoms with Gasteiger partial charge in [-0.15, -0.1) is 11.3 Å². The molecule has 4 nitrogen and oxygen atoms in total. The maximum absolute atomic E-state index is 10.3. The molecule has 1 heterocycles. The number of thiophene rings is 1. The van der Waals surface area contributed by atoms with Crippen LogP contribution in [-0.2, 0) is 6.42 Å². The molecule has 2 aliphatic rings. The first-order valence-electron chi connectivity index (χ1n) is 11.1. The zero-order valence-corrected chi connectivity index (χ0v) is 18.6. The molecule has 0 bridgehead atoms. The summed E-state index contributed by atoms with van der Waals surface area (Å²) >= 11 is 1.61. The van der Waals surface area contributed by atoms with Gasteiger partial charge in [-0.25, -0.2) is 0 Å². The van der Waals surface area contributed by atoms with Crippen LogP contribution in [0.3, 0.4) is 0 Å². The van der Waals surface area contributed by atoms with Crippen molar-refractivity contribution in [1.82, 2.24) is 0 Å². The first kappa shape index (κ1) is 21.0. The molecule has 4 N–H and O–H groups in total. The van der Waals surface area contributed by atoms with Crippen molar-refractivity contribution in [2.45, 2.75) is 78.1 Å². The van der Waals surface area contributed by atoms with E-state index < -0.39 is 12.9 Å². The van der Waals surface area contributed by atoms with E-state index in [1.165, 1.54) is 42.5 Å². The van der Waals surface area contributed by atoms with Crippen molar-refractivity contribution < 1.29 is 20.3 Å². The molecular weight excluding hydrogens is 383 g/mol. The molecule has 2 aliphatic carbocycles. The second-order valence-electron chi connectivity index (χ2n) is 9.97. The Morgan fingerprint density at radius 3 is 2.45 bits per heavy atom. The number of phenols is 2. The highest BCUT2D eigenvalue weighted by Gasteiger charge is 2.37. The monoisotopic (exact) mass is 416 g/mol. The SMILES string of the molecule is CC1CCC(C2CC2)c2sc3c(B(O)O)c(O)c(O)cc3c2CCCCC1(C)C. The molecule has 0 aliphatic heterocycles. The number of fused-ring (bicyclic) bond motifs is 3. The van der Waals surface area contributed by atoms with Gasteiger partial charge in [0.1, 0.15) is 0 Å². The molecule has 0 spiro atoms. The van der Waals surface area contributed by atoms with Crippen LogP contribution in [0.2, 0.25) is 0 Å². The highest BCUT2D eigenvalue weighted by atomic mass is 32.1. The van der Waals surface area contributed by atoms with Gasteiger partial charge in [0.25, 0.3) is 0 Å². The fraction of sp³-hybridized carbons (Fsp3) is 0.652. The molecule has 0 amide bonds. The average Bonchev–Trinajstić information content (AvgIpc) is 3.42. The normalized spacial score (nSPS) is 25.4. The molecular formula is C23H33BO4S. The Kier molecular flexibility index (Phi) is 5.64. The molecule has 0 radical (unpaired) electrons. The van der Waals surface area contributed by atoms with Gasteiger partial charge in [0.2, 0.25) is 0 Å². The summed E-state index contributed by atoms with van der Waals surface area (Å²) < 4.78 is 0.719. The van der Waals surface area contributed by atoms with Crippen LogP contribution in [0, 0.1) is 17.3 Å². The van der Waals surface area contributed by atoms with Crippen LogP contribution < -0.4 is 5.46 Å². The van der Waals surface area contributed by atoms with E-state index in [4.69, 9.17) is 0 Å². The summed E-state index contributed by atoms with van der Waals surface area (Å²) in [5.41, 5.74) is 1.66. The maximum atomic E-state index is 10.3. The van der Waals surface area contributed by atoms with Gasteiger partial charge in [-0.3, -0.25) is 0 Å². The second-order valence-corrected chi connectivity index (χ2v) is 11.0. The van der Waals surface area contributed by atoms with Gasteiger partial charge in [-0.1, -0.05) is 27.2 Å². The van der Waals surface area contributed by atoms with Crippen molar-refractivity contribution in [1.29, 1.82) is 0 Å². The lowest BCUT2D eigenvalue weighted by Crippen LogP contribution is -2.30. The fourth-order valence-electron chi connectivity index (χ4n) is 5.13. The van der Waals surface area contributed by atoms with Gasteiger partial charge in [0.05, 0.1) is 0 Å². The van der Waals surface area contributed by atoms with Crippen LogP contribution in [-0.4, -0.2) is 27.4 Å². The van der Waals surface area contributed by atoms with Crippen molar-refractivity contribution in [2.75, 3.05) is 0 Å². The number of aryl methyl sites for hydroxylation is 1. The highest BCUT2D eigenvalue weighted by molar-refractivity contribution is 7.21. The topological polar surface area (TPSA) is 80.9 Å². The summed E-state index contributed by atoms with van der Waals surface area (Å²) in [5, 5.41) is 41.2. The van der Waals surface area contributed by atoms with Crippen molar-refractivity contribution in [3.05, 3.63) is 16.5 Å². The summed E-state index contributed by atoms with van der Waals surface area (Å²) in [4.78, 5) is 1.35. The summed E-state index contributed by atoms with van der Waals surface area (Å²) in [6.45, 7) is 7.20. The standard InChI is InChI=1S/C23H33BO4S/c1-13-7-10-15(14-8-9-14)21-16(6-4-5-11-23(13,2)3)17-12-18(25)20(26)19(24(27)28)22(17)29-21/h12-15,25-28H,4-11H2,1-3H3. The third-order valence-corrected chi connectivity index (χ3v) is 9.04. The van der Waals surface area contributed by atoms with E-state index in [9.17, 15) is 20.3 Å². The third kappa shape index (κ3) is 3.91. The third-order valence-electron chi connectivity index (χ3n) is 7.63. The lowest BCUT2D eigenvalue weighted by Gasteiger charge is -2.32. The minimum absolute atomic E-state index is 0.0497. The minimum atomic E-state index is -1.80. The number of benzene rings is 1. The second kappa shape index (κ2) is 7.79.